The van der Waals surface area contributed by atoms with Gasteiger partial charge in [-0.25, -0.2) is 4.98 Å². The predicted molar refractivity (Wildman–Crippen MR) is 123 cm³/mol. The number of carbonyl (C=O) groups excluding carboxylic acids is 1. The highest BCUT2D eigenvalue weighted by molar-refractivity contribution is 7.21. The molecule has 2 aliphatic rings. The number of aromatic nitrogens is 4. The number of carbonyl (C=O) groups is 1. The van der Waals surface area contributed by atoms with Crippen molar-refractivity contribution in [3.8, 4) is 10.8 Å². The van der Waals surface area contributed by atoms with Crippen LogP contribution in [0, 0.1) is 0 Å². The van der Waals surface area contributed by atoms with Crippen molar-refractivity contribution in [2.45, 2.75) is 51.0 Å². The van der Waals surface area contributed by atoms with Gasteiger partial charge in [0.15, 0.2) is 16.5 Å². The fourth-order valence-electron chi connectivity index (χ4n) is 4.88. The Bertz CT molecular complexity index is 1240. The number of likely N-dealkylation sites (tertiary alicyclic amines) is 1. The number of furan rings is 1. The number of amides is 1. The molecule has 8 heteroatoms. The van der Waals surface area contributed by atoms with E-state index in [0.717, 1.165) is 59.2 Å². The Morgan fingerprint density at radius 3 is 2.91 bits per heavy atom. The molecule has 4 aromatic rings. The summed E-state index contributed by atoms with van der Waals surface area (Å²) in [6.45, 7) is 2.40. The summed E-state index contributed by atoms with van der Waals surface area (Å²) in [5.74, 6) is 3.34. The molecule has 0 saturated carbocycles. The number of nitrogens with zero attached hydrogens (tertiary/aromatic N) is 5. The summed E-state index contributed by atoms with van der Waals surface area (Å²) in [7, 11) is 0. The average Bonchev–Trinajstić information content (AvgIpc) is 3.54. The number of aryl methyl sites for hydroxylation is 1. The van der Waals surface area contributed by atoms with E-state index in [1.807, 2.05) is 35.2 Å². The van der Waals surface area contributed by atoms with Gasteiger partial charge >= 0.3 is 0 Å². The molecule has 6 rings (SSSR count). The monoisotopic (exact) mass is 447 g/mol. The van der Waals surface area contributed by atoms with Gasteiger partial charge in [0.2, 0.25) is 0 Å². The van der Waals surface area contributed by atoms with Gasteiger partial charge in [0.1, 0.15) is 11.6 Å². The van der Waals surface area contributed by atoms with Crippen molar-refractivity contribution in [2.75, 3.05) is 13.1 Å². The van der Waals surface area contributed by atoms with E-state index in [2.05, 4.69) is 19.7 Å². The number of thiazole rings is 1. The van der Waals surface area contributed by atoms with Crippen LogP contribution >= 0.6 is 11.3 Å². The van der Waals surface area contributed by atoms with Crippen LogP contribution in [0.3, 0.4) is 0 Å². The molecule has 1 unspecified atom stereocenters. The van der Waals surface area contributed by atoms with Gasteiger partial charge in [-0.2, -0.15) is 0 Å². The van der Waals surface area contributed by atoms with Crippen LogP contribution < -0.4 is 0 Å². The lowest BCUT2D eigenvalue weighted by molar-refractivity contribution is 0.0672. The molecular formula is C24H25N5O2S. The van der Waals surface area contributed by atoms with Crippen LogP contribution in [-0.2, 0) is 13.0 Å². The lowest BCUT2D eigenvalue weighted by Gasteiger charge is -2.32. The van der Waals surface area contributed by atoms with Crippen molar-refractivity contribution < 1.29 is 9.21 Å². The van der Waals surface area contributed by atoms with E-state index in [4.69, 9.17) is 4.42 Å². The SMILES string of the molecule is O=C(c1ccc(-c2nc3ccccc3s2)o1)N1CCCC(c2nnc3n2CCCCC3)C1. The van der Waals surface area contributed by atoms with Crippen LogP contribution in [0.2, 0.25) is 0 Å². The number of hydrogen-bond acceptors (Lipinski definition) is 6. The molecule has 7 nitrogen and oxygen atoms in total. The largest absolute Gasteiger partial charge is 0.448 e. The standard InChI is InChI=1S/C24H25N5O2S/c30-24(19-12-11-18(31-19)23-25-17-8-3-4-9-20(17)32-23)28-13-6-7-16(15-28)22-27-26-21-10-2-1-5-14-29(21)22/h3-4,8-9,11-12,16H,1-2,5-7,10,13-15H2. The first kappa shape index (κ1) is 19.7. The van der Waals surface area contributed by atoms with E-state index in [9.17, 15) is 4.79 Å². The number of fused-ring (bicyclic) bond motifs is 2. The zero-order valence-corrected chi connectivity index (χ0v) is 18.7. The van der Waals surface area contributed by atoms with E-state index in [0.29, 0.717) is 18.1 Å². The Morgan fingerprint density at radius 1 is 1.03 bits per heavy atom. The summed E-state index contributed by atoms with van der Waals surface area (Å²) in [5, 5.41) is 9.80. The van der Waals surface area contributed by atoms with Crippen LogP contribution in [-0.4, -0.2) is 43.6 Å². The van der Waals surface area contributed by atoms with Crippen molar-refractivity contribution in [2.24, 2.45) is 0 Å². The molecule has 0 bridgehead atoms. The van der Waals surface area contributed by atoms with E-state index in [1.165, 1.54) is 19.3 Å². The summed E-state index contributed by atoms with van der Waals surface area (Å²) in [5.41, 5.74) is 0.947. The van der Waals surface area contributed by atoms with E-state index >= 15 is 0 Å². The zero-order chi connectivity index (χ0) is 21.5. The lowest BCUT2D eigenvalue weighted by atomic mass is 9.96. The summed E-state index contributed by atoms with van der Waals surface area (Å²) >= 11 is 1.58. The maximum absolute atomic E-state index is 13.2. The number of hydrogen-bond donors (Lipinski definition) is 0. The normalized spacial score (nSPS) is 19.1. The van der Waals surface area contributed by atoms with Crippen molar-refractivity contribution in [3.63, 3.8) is 0 Å². The van der Waals surface area contributed by atoms with Gasteiger partial charge in [-0.1, -0.05) is 18.6 Å². The first-order chi connectivity index (χ1) is 15.8. The van der Waals surface area contributed by atoms with Crippen molar-refractivity contribution in [1.29, 1.82) is 0 Å². The Labute approximate surface area is 190 Å². The highest BCUT2D eigenvalue weighted by Crippen LogP contribution is 2.33. The molecule has 5 heterocycles. The van der Waals surface area contributed by atoms with Crippen molar-refractivity contribution in [1.82, 2.24) is 24.6 Å². The minimum absolute atomic E-state index is 0.0577. The van der Waals surface area contributed by atoms with Gasteiger partial charge in [0, 0.05) is 32.0 Å². The molecule has 0 N–H and O–H groups in total. The third-order valence-electron chi connectivity index (χ3n) is 6.53. The fraction of sp³-hybridized carbons (Fsp3) is 0.417. The molecule has 1 fully saturated rings. The first-order valence-corrected chi connectivity index (χ1v) is 12.2. The Hall–Kier alpha value is -3.00. The summed E-state index contributed by atoms with van der Waals surface area (Å²) < 4.78 is 9.39. The molecule has 0 spiro atoms. The second-order valence-electron chi connectivity index (χ2n) is 8.68. The molecule has 2 aliphatic heterocycles. The molecule has 0 radical (unpaired) electrons. The minimum atomic E-state index is -0.0577. The topological polar surface area (TPSA) is 77.1 Å². The third kappa shape index (κ3) is 3.52. The summed E-state index contributed by atoms with van der Waals surface area (Å²) in [4.78, 5) is 19.8. The highest BCUT2D eigenvalue weighted by atomic mass is 32.1. The van der Waals surface area contributed by atoms with Crippen molar-refractivity contribution in [3.05, 3.63) is 53.8 Å². The second-order valence-corrected chi connectivity index (χ2v) is 9.71. The van der Waals surface area contributed by atoms with E-state index in [1.54, 1.807) is 17.4 Å². The summed E-state index contributed by atoms with van der Waals surface area (Å²) in [6, 6.07) is 11.6. The van der Waals surface area contributed by atoms with Crippen LogP contribution in [0.4, 0.5) is 0 Å². The third-order valence-corrected chi connectivity index (χ3v) is 7.58. The molecule has 1 amide bonds. The van der Waals surface area contributed by atoms with Crippen LogP contribution in [0.15, 0.2) is 40.8 Å². The van der Waals surface area contributed by atoms with Gasteiger partial charge in [0.25, 0.3) is 5.91 Å². The second kappa shape index (κ2) is 8.16. The fourth-order valence-corrected chi connectivity index (χ4v) is 5.81. The molecule has 164 valence electrons. The van der Waals surface area contributed by atoms with Crippen LogP contribution in [0.25, 0.3) is 21.0 Å². The Kier molecular flexibility index (Phi) is 5.02. The first-order valence-electron chi connectivity index (χ1n) is 11.4. The highest BCUT2D eigenvalue weighted by Gasteiger charge is 2.31. The smallest absolute Gasteiger partial charge is 0.289 e. The predicted octanol–water partition coefficient (Wildman–Crippen LogP) is 4.89. The molecule has 3 aromatic heterocycles. The van der Waals surface area contributed by atoms with Gasteiger partial charge < -0.3 is 13.9 Å². The van der Waals surface area contributed by atoms with Gasteiger partial charge in [-0.15, -0.1) is 21.5 Å². The van der Waals surface area contributed by atoms with Crippen molar-refractivity contribution >= 4 is 27.5 Å². The summed E-state index contributed by atoms with van der Waals surface area (Å²) in [6.07, 6.45) is 6.61. The number of benzene rings is 1. The maximum Gasteiger partial charge on any atom is 0.289 e. The Balaban J connectivity index is 1.21. The maximum atomic E-state index is 13.2. The molecular weight excluding hydrogens is 422 g/mol. The number of piperidine rings is 1. The van der Waals surface area contributed by atoms with E-state index in [-0.39, 0.29) is 11.8 Å². The van der Waals surface area contributed by atoms with Gasteiger partial charge in [-0.05, 0) is 49.9 Å². The molecule has 0 aliphatic carbocycles. The lowest BCUT2D eigenvalue weighted by Crippen LogP contribution is -2.39. The average molecular weight is 448 g/mol. The minimum Gasteiger partial charge on any atom is -0.448 e. The molecule has 1 atom stereocenters. The Morgan fingerprint density at radius 2 is 1.97 bits per heavy atom. The van der Waals surface area contributed by atoms with Gasteiger partial charge in [-0.3, -0.25) is 4.79 Å². The molecule has 1 saturated heterocycles. The molecule has 32 heavy (non-hydrogen) atoms. The van der Waals surface area contributed by atoms with E-state index < -0.39 is 0 Å². The van der Waals surface area contributed by atoms with Crippen LogP contribution in [0.1, 0.15) is 60.2 Å². The zero-order valence-electron chi connectivity index (χ0n) is 17.9. The number of para-hydroxylation sites is 1. The molecule has 1 aromatic carbocycles. The van der Waals surface area contributed by atoms with Crippen LogP contribution in [0.5, 0.6) is 0 Å². The number of rotatable bonds is 3. The van der Waals surface area contributed by atoms with Gasteiger partial charge in [0.05, 0.1) is 10.2 Å². The quantitative estimate of drug-likeness (QED) is 0.447.